The van der Waals surface area contributed by atoms with Crippen LogP contribution in [0.3, 0.4) is 0 Å². The summed E-state index contributed by atoms with van der Waals surface area (Å²) in [5, 5.41) is 4.50. The number of nitrogens with one attached hydrogen (secondary N) is 1. The molecule has 2 heterocycles. The van der Waals surface area contributed by atoms with E-state index in [1.807, 2.05) is 30.3 Å². The van der Waals surface area contributed by atoms with Crippen LogP contribution >= 0.6 is 23.4 Å². The van der Waals surface area contributed by atoms with Crippen molar-refractivity contribution in [1.29, 1.82) is 0 Å². The molecule has 1 aromatic heterocycles. The summed E-state index contributed by atoms with van der Waals surface area (Å²) in [6, 6.07) is 13.8. The zero-order valence-electron chi connectivity index (χ0n) is 22.8. The lowest BCUT2D eigenvalue weighted by molar-refractivity contribution is -0.132. The largest absolute Gasteiger partial charge is 0.491 e. The van der Waals surface area contributed by atoms with Gasteiger partial charge in [0.1, 0.15) is 18.2 Å². The molecule has 0 bridgehead atoms. The number of thioether (sulfide) groups is 1. The van der Waals surface area contributed by atoms with Gasteiger partial charge in [-0.05, 0) is 37.1 Å². The molecule has 2 aliphatic rings. The second-order valence-corrected chi connectivity index (χ2v) is 11.7. The van der Waals surface area contributed by atoms with Crippen molar-refractivity contribution >= 4 is 29.3 Å². The molecule has 41 heavy (non-hydrogen) atoms. The molecule has 218 valence electrons. The van der Waals surface area contributed by atoms with Gasteiger partial charge in [-0.25, -0.2) is 9.37 Å². The van der Waals surface area contributed by atoms with Crippen molar-refractivity contribution in [2.75, 3.05) is 39.5 Å². The molecule has 1 aliphatic heterocycles. The first-order chi connectivity index (χ1) is 20.0. The Balaban J connectivity index is 1.07. The average Bonchev–Trinajstić information content (AvgIpc) is 2.96. The van der Waals surface area contributed by atoms with Crippen molar-refractivity contribution in [2.24, 2.45) is 0 Å². The number of aromatic nitrogens is 2. The van der Waals surface area contributed by atoms with E-state index in [1.165, 1.54) is 24.6 Å². The molecule has 5 rings (SSSR count). The average molecular weight is 601 g/mol. The molecular formula is C30H34ClFN4O4S. The Hall–Kier alpha value is -2.92. The summed E-state index contributed by atoms with van der Waals surface area (Å²) in [6.45, 7) is 3.10. The Labute approximate surface area is 248 Å². The lowest BCUT2D eigenvalue weighted by Crippen LogP contribution is -2.42. The molecule has 3 aromatic rings. The van der Waals surface area contributed by atoms with E-state index >= 15 is 0 Å². The number of rotatable bonds is 13. The first kappa shape index (κ1) is 29.6. The van der Waals surface area contributed by atoms with E-state index in [0.29, 0.717) is 68.9 Å². The molecule has 0 unspecified atom stereocenters. The molecular weight excluding hydrogens is 567 g/mol. The minimum absolute atomic E-state index is 0.00834. The predicted octanol–water partition coefficient (Wildman–Crippen LogP) is 4.63. The predicted molar refractivity (Wildman–Crippen MR) is 158 cm³/mol. The second kappa shape index (κ2) is 14.3. The van der Waals surface area contributed by atoms with Gasteiger partial charge in [-0.2, -0.15) is 0 Å². The highest BCUT2D eigenvalue weighted by Gasteiger charge is 2.28. The molecule has 0 spiro atoms. The standard InChI is InChI=1S/C30H34ClFN4O4S/c31-25-19-22(9-10-26(25)32)40-18-17-39-16-14-33-13-11-28(37)35-15-12-27-24(20-35)29(38)36(21-5-2-1-3-6-21)30(34-27)41-23-7-4-8-23/h1-3,5-6,9-10,19,23,33H,4,7-8,11-18,20H2. The Morgan fingerprint density at radius 3 is 2.71 bits per heavy atom. The Bertz CT molecular complexity index is 1400. The van der Waals surface area contributed by atoms with Crippen LogP contribution in [0.25, 0.3) is 5.69 Å². The van der Waals surface area contributed by atoms with Crippen LogP contribution in [0.4, 0.5) is 4.39 Å². The molecule has 1 fully saturated rings. The fourth-order valence-electron chi connectivity index (χ4n) is 4.70. The minimum Gasteiger partial charge on any atom is -0.491 e. The van der Waals surface area contributed by atoms with Crippen molar-refractivity contribution in [3.63, 3.8) is 0 Å². The molecule has 11 heteroatoms. The first-order valence-corrected chi connectivity index (χ1v) is 15.3. The van der Waals surface area contributed by atoms with Gasteiger partial charge in [-0.15, -0.1) is 0 Å². The lowest BCUT2D eigenvalue weighted by Gasteiger charge is -2.30. The molecule has 0 saturated heterocycles. The van der Waals surface area contributed by atoms with E-state index in [9.17, 15) is 14.0 Å². The number of amides is 1. The third-order valence-corrected chi connectivity index (χ3v) is 8.80. The van der Waals surface area contributed by atoms with Crippen LogP contribution in [0.1, 0.15) is 36.9 Å². The number of fused-ring (bicyclic) bond motifs is 1. The summed E-state index contributed by atoms with van der Waals surface area (Å²) in [5.41, 5.74) is 2.14. The third kappa shape index (κ3) is 7.68. The number of nitrogens with zero attached hydrogens (tertiary/aromatic N) is 3. The fourth-order valence-corrected chi connectivity index (χ4v) is 6.19. The molecule has 0 radical (unpaired) electrons. The number of hydrogen-bond donors (Lipinski definition) is 1. The van der Waals surface area contributed by atoms with E-state index in [1.54, 1.807) is 21.2 Å². The topological polar surface area (TPSA) is 85.7 Å². The van der Waals surface area contributed by atoms with E-state index < -0.39 is 5.82 Å². The van der Waals surface area contributed by atoms with Gasteiger partial charge < -0.3 is 19.7 Å². The number of hydrogen-bond acceptors (Lipinski definition) is 7. The van der Waals surface area contributed by atoms with Crippen molar-refractivity contribution in [3.8, 4) is 11.4 Å². The van der Waals surface area contributed by atoms with Gasteiger partial charge in [-0.3, -0.25) is 14.2 Å². The lowest BCUT2D eigenvalue weighted by atomic mass is 10.0. The fraction of sp³-hybridized carbons (Fsp3) is 0.433. The third-order valence-electron chi connectivity index (χ3n) is 7.22. The number of halogens is 2. The van der Waals surface area contributed by atoms with E-state index in [4.69, 9.17) is 26.1 Å². The van der Waals surface area contributed by atoms with Gasteiger partial charge in [-0.1, -0.05) is 48.0 Å². The number of carbonyl (C=O) groups is 1. The van der Waals surface area contributed by atoms with Crippen molar-refractivity contribution in [3.05, 3.63) is 81.0 Å². The van der Waals surface area contributed by atoms with E-state index in [0.717, 1.165) is 29.4 Å². The zero-order valence-corrected chi connectivity index (χ0v) is 24.4. The van der Waals surface area contributed by atoms with Crippen LogP contribution in [0.5, 0.6) is 5.75 Å². The van der Waals surface area contributed by atoms with Crippen LogP contribution in [0.15, 0.2) is 58.5 Å². The van der Waals surface area contributed by atoms with Crippen LogP contribution in [-0.2, 0) is 22.5 Å². The van der Waals surface area contributed by atoms with Crippen LogP contribution in [-0.4, -0.2) is 65.1 Å². The maximum Gasteiger partial charge on any atom is 0.264 e. The van der Waals surface area contributed by atoms with Gasteiger partial charge in [0.2, 0.25) is 5.91 Å². The van der Waals surface area contributed by atoms with Crippen molar-refractivity contribution in [2.45, 2.75) is 49.1 Å². The molecule has 1 aliphatic carbocycles. The Morgan fingerprint density at radius 1 is 1.12 bits per heavy atom. The zero-order chi connectivity index (χ0) is 28.6. The molecule has 1 saturated carbocycles. The Morgan fingerprint density at radius 2 is 1.95 bits per heavy atom. The second-order valence-electron chi connectivity index (χ2n) is 10.1. The summed E-state index contributed by atoms with van der Waals surface area (Å²) in [7, 11) is 0. The maximum atomic E-state index is 13.7. The van der Waals surface area contributed by atoms with Crippen molar-refractivity contribution in [1.82, 2.24) is 19.8 Å². The SMILES string of the molecule is O=C(CCNCCOCCOc1ccc(F)c(Cl)c1)N1CCc2nc(SC3CCC3)n(-c3ccccc3)c(=O)c2C1. The number of carbonyl (C=O) groups excluding carboxylic acids is 1. The monoisotopic (exact) mass is 600 g/mol. The molecule has 1 amide bonds. The summed E-state index contributed by atoms with van der Waals surface area (Å²) in [5.74, 6) is 0.00857. The highest BCUT2D eigenvalue weighted by Crippen LogP contribution is 2.36. The van der Waals surface area contributed by atoms with Gasteiger partial charge in [0, 0.05) is 43.8 Å². The van der Waals surface area contributed by atoms with Gasteiger partial charge >= 0.3 is 0 Å². The highest BCUT2D eigenvalue weighted by molar-refractivity contribution is 7.99. The summed E-state index contributed by atoms with van der Waals surface area (Å²) >= 11 is 7.44. The first-order valence-electron chi connectivity index (χ1n) is 14.0. The molecule has 2 aromatic carbocycles. The quantitative estimate of drug-likeness (QED) is 0.226. The van der Waals surface area contributed by atoms with E-state index in [-0.39, 0.29) is 23.0 Å². The normalized spacial score (nSPS) is 14.9. The number of ether oxygens (including phenoxy) is 2. The molecule has 0 atom stereocenters. The van der Waals surface area contributed by atoms with Crippen LogP contribution in [0.2, 0.25) is 5.02 Å². The van der Waals surface area contributed by atoms with Gasteiger partial charge in [0.05, 0.1) is 41.7 Å². The van der Waals surface area contributed by atoms with Crippen LogP contribution < -0.4 is 15.6 Å². The van der Waals surface area contributed by atoms with Crippen molar-refractivity contribution < 1.29 is 18.7 Å². The summed E-state index contributed by atoms with van der Waals surface area (Å²) < 4.78 is 25.9. The molecule has 8 nitrogen and oxygen atoms in total. The highest BCUT2D eigenvalue weighted by atomic mass is 35.5. The smallest absolute Gasteiger partial charge is 0.264 e. The molecule has 1 N–H and O–H groups in total. The number of para-hydroxylation sites is 1. The van der Waals surface area contributed by atoms with Gasteiger partial charge in [0.15, 0.2) is 5.16 Å². The summed E-state index contributed by atoms with van der Waals surface area (Å²) in [6.07, 6.45) is 4.44. The number of benzene rings is 2. The maximum absolute atomic E-state index is 13.7. The van der Waals surface area contributed by atoms with Crippen LogP contribution in [0, 0.1) is 5.82 Å². The Kier molecular flexibility index (Phi) is 10.3. The van der Waals surface area contributed by atoms with E-state index in [2.05, 4.69) is 5.32 Å². The van der Waals surface area contributed by atoms with Gasteiger partial charge in [0.25, 0.3) is 5.56 Å². The summed E-state index contributed by atoms with van der Waals surface area (Å²) in [4.78, 5) is 33.4. The minimum atomic E-state index is -0.486.